The first-order valence-electron chi connectivity index (χ1n) is 8.86. The van der Waals surface area contributed by atoms with Crippen molar-refractivity contribution < 1.29 is 0 Å². The zero-order valence-electron chi connectivity index (χ0n) is 15.4. The van der Waals surface area contributed by atoms with E-state index in [9.17, 15) is 0 Å². The number of hydrogen-bond acceptors (Lipinski definition) is 5. The fourth-order valence-electron chi connectivity index (χ4n) is 4.23. The van der Waals surface area contributed by atoms with Crippen LogP contribution >= 0.6 is 11.3 Å². The fraction of sp³-hybridized carbons (Fsp3) is 0.350. The zero-order valence-corrected chi connectivity index (χ0v) is 16.2. The molecule has 26 heavy (non-hydrogen) atoms. The summed E-state index contributed by atoms with van der Waals surface area (Å²) < 4.78 is 1.82. The van der Waals surface area contributed by atoms with E-state index in [-0.39, 0.29) is 11.1 Å². The number of rotatable bonds is 1. The molecule has 1 aliphatic heterocycles. The second kappa shape index (κ2) is 5.11. The summed E-state index contributed by atoms with van der Waals surface area (Å²) in [5.74, 6) is 0.743. The molecule has 0 amide bonds. The molecule has 3 aromatic heterocycles. The van der Waals surface area contributed by atoms with Crippen molar-refractivity contribution in [3.05, 3.63) is 47.1 Å². The molecule has 132 valence electrons. The number of nitrogens with one attached hydrogen (secondary N) is 1. The first kappa shape index (κ1) is 15.9. The van der Waals surface area contributed by atoms with E-state index < -0.39 is 0 Å². The van der Waals surface area contributed by atoms with Crippen LogP contribution in [0.3, 0.4) is 0 Å². The van der Waals surface area contributed by atoms with Crippen LogP contribution in [0.25, 0.3) is 27.3 Å². The summed E-state index contributed by atoms with van der Waals surface area (Å²) in [6.45, 7) is 9.01. The van der Waals surface area contributed by atoms with Gasteiger partial charge in [0.1, 0.15) is 11.2 Å². The summed E-state index contributed by atoms with van der Waals surface area (Å²) in [4.78, 5) is 12.0. The maximum absolute atomic E-state index is 4.89. The summed E-state index contributed by atoms with van der Waals surface area (Å²) in [6, 6.07) is 10.1. The molecule has 0 atom stereocenters. The van der Waals surface area contributed by atoms with Crippen LogP contribution in [0.1, 0.15) is 38.1 Å². The number of thiophene rings is 1. The average molecular weight is 363 g/mol. The van der Waals surface area contributed by atoms with Gasteiger partial charge < -0.3 is 5.32 Å². The molecule has 0 bridgehead atoms. The highest BCUT2D eigenvalue weighted by Crippen LogP contribution is 2.44. The van der Waals surface area contributed by atoms with Crippen LogP contribution in [-0.2, 0) is 12.0 Å². The molecular formula is C20H21N5S. The van der Waals surface area contributed by atoms with E-state index in [2.05, 4.69) is 43.1 Å². The molecule has 4 aromatic rings. The topological polar surface area (TPSA) is 55.1 Å². The molecule has 0 saturated carbocycles. The first-order valence-corrected chi connectivity index (χ1v) is 9.68. The highest BCUT2D eigenvalue weighted by molar-refractivity contribution is 7.19. The maximum atomic E-state index is 4.89. The molecule has 1 N–H and O–H groups in total. The molecule has 5 nitrogen and oxygen atoms in total. The van der Waals surface area contributed by atoms with Gasteiger partial charge in [0.15, 0.2) is 11.5 Å². The van der Waals surface area contributed by atoms with Crippen LogP contribution in [0.15, 0.2) is 36.7 Å². The molecule has 1 aromatic carbocycles. The van der Waals surface area contributed by atoms with E-state index >= 15 is 0 Å². The van der Waals surface area contributed by atoms with Crippen molar-refractivity contribution >= 4 is 27.2 Å². The lowest BCUT2D eigenvalue weighted by molar-refractivity contribution is 0.248. The quantitative estimate of drug-likeness (QED) is 0.552. The Morgan fingerprint density at radius 1 is 1.12 bits per heavy atom. The number of nitrogens with zero attached hydrogens (tertiary/aromatic N) is 4. The molecule has 4 heterocycles. The molecule has 0 unspecified atom stereocenters. The minimum absolute atomic E-state index is 0.0274. The maximum Gasteiger partial charge on any atom is 0.182 e. The van der Waals surface area contributed by atoms with Gasteiger partial charge in [-0.3, -0.25) is 0 Å². The van der Waals surface area contributed by atoms with Crippen molar-refractivity contribution in [2.75, 3.05) is 0 Å². The van der Waals surface area contributed by atoms with Crippen LogP contribution in [0, 0.1) is 0 Å². The normalized spacial score (nSPS) is 18.3. The van der Waals surface area contributed by atoms with Gasteiger partial charge in [-0.15, -0.1) is 16.4 Å². The lowest BCUT2D eigenvalue weighted by atomic mass is 9.82. The summed E-state index contributed by atoms with van der Waals surface area (Å²) >= 11 is 1.77. The number of aromatic nitrogens is 4. The SMILES string of the molecule is CC1(C)Cc2c(sc3ncn4nc(-c5ccccc5)nc4c23)C(C)(C)N1. The average Bonchev–Trinajstić information content (AvgIpc) is 3.15. The lowest BCUT2D eigenvalue weighted by Gasteiger charge is -2.42. The van der Waals surface area contributed by atoms with Crippen molar-refractivity contribution in [1.82, 2.24) is 24.9 Å². The monoisotopic (exact) mass is 363 g/mol. The minimum Gasteiger partial charge on any atom is -0.302 e. The van der Waals surface area contributed by atoms with Gasteiger partial charge in [0.05, 0.1) is 5.39 Å². The van der Waals surface area contributed by atoms with Crippen LogP contribution < -0.4 is 5.32 Å². The number of hydrogen-bond donors (Lipinski definition) is 1. The van der Waals surface area contributed by atoms with Gasteiger partial charge in [0, 0.05) is 21.5 Å². The second-order valence-corrected chi connectivity index (χ2v) is 9.21. The van der Waals surface area contributed by atoms with Crippen molar-refractivity contribution in [2.24, 2.45) is 0 Å². The predicted octanol–water partition coefficient (Wildman–Crippen LogP) is 4.17. The van der Waals surface area contributed by atoms with Crippen molar-refractivity contribution in [2.45, 2.75) is 45.2 Å². The number of benzene rings is 1. The molecule has 0 aliphatic carbocycles. The highest BCUT2D eigenvalue weighted by atomic mass is 32.1. The van der Waals surface area contributed by atoms with E-state index in [0.717, 1.165) is 33.7 Å². The Bertz CT molecular complexity index is 1140. The van der Waals surface area contributed by atoms with E-state index in [0.29, 0.717) is 0 Å². The largest absolute Gasteiger partial charge is 0.302 e. The van der Waals surface area contributed by atoms with Crippen molar-refractivity contribution in [3.63, 3.8) is 0 Å². The van der Waals surface area contributed by atoms with Gasteiger partial charge in [-0.25, -0.2) is 14.5 Å². The van der Waals surface area contributed by atoms with Crippen LogP contribution in [0.4, 0.5) is 0 Å². The molecule has 0 radical (unpaired) electrons. The van der Waals surface area contributed by atoms with Gasteiger partial charge in [-0.1, -0.05) is 30.3 Å². The Balaban J connectivity index is 1.81. The fourth-order valence-corrected chi connectivity index (χ4v) is 5.44. The summed E-state index contributed by atoms with van der Waals surface area (Å²) in [7, 11) is 0. The van der Waals surface area contributed by atoms with E-state index in [1.165, 1.54) is 10.4 Å². The third kappa shape index (κ3) is 2.29. The Kier molecular flexibility index (Phi) is 3.13. The summed E-state index contributed by atoms with van der Waals surface area (Å²) in [5, 5.41) is 9.59. The van der Waals surface area contributed by atoms with Crippen molar-refractivity contribution in [3.8, 4) is 11.4 Å². The third-order valence-corrected chi connectivity index (χ3v) is 6.46. The molecule has 5 rings (SSSR count). The standard InChI is InChI=1S/C20H21N5S/c1-19(2)10-13-14-17-22-16(12-8-6-5-7-9-12)23-25(17)11-21-18(14)26-15(13)20(3,4)24-19/h5-9,11,24H,10H2,1-4H3. The highest BCUT2D eigenvalue weighted by Gasteiger charge is 2.39. The van der Waals surface area contributed by atoms with E-state index in [1.54, 1.807) is 17.7 Å². The molecule has 6 heteroatoms. The number of fused-ring (bicyclic) bond motifs is 5. The molecule has 0 saturated heterocycles. The smallest absolute Gasteiger partial charge is 0.182 e. The van der Waals surface area contributed by atoms with Gasteiger partial charge in [-0.05, 0) is 39.7 Å². The van der Waals surface area contributed by atoms with E-state index in [1.807, 2.05) is 34.8 Å². The van der Waals surface area contributed by atoms with Gasteiger partial charge in [0.25, 0.3) is 0 Å². The molecule has 0 spiro atoms. The zero-order chi connectivity index (χ0) is 18.1. The lowest BCUT2D eigenvalue weighted by Crippen LogP contribution is -2.54. The van der Waals surface area contributed by atoms with Crippen molar-refractivity contribution in [1.29, 1.82) is 0 Å². The van der Waals surface area contributed by atoms with Gasteiger partial charge in [-0.2, -0.15) is 0 Å². The third-order valence-electron chi connectivity index (χ3n) is 5.00. The molecule has 0 fully saturated rings. The van der Waals surface area contributed by atoms with Gasteiger partial charge in [0.2, 0.25) is 0 Å². The molecule has 1 aliphatic rings. The Morgan fingerprint density at radius 2 is 1.88 bits per heavy atom. The van der Waals surface area contributed by atoms with Crippen LogP contribution in [-0.4, -0.2) is 25.1 Å². The predicted molar refractivity (Wildman–Crippen MR) is 106 cm³/mol. The Hall–Kier alpha value is -2.31. The minimum atomic E-state index is -0.0816. The van der Waals surface area contributed by atoms with Crippen LogP contribution in [0.5, 0.6) is 0 Å². The second-order valence-electron chi connectivity index (χ2n) is 8.21. The molecular weight excluding hydrogens is 342 g/mol. The first-order chi connectivity index (χ1) is 12.3. The Morgan fingerprint density at radius 3 is 2.65 bits per heavy atom. The Labute approximate surface area is 156 Å². The van der Waals surface area contributed by atoms with E-state index in [4.69, 9.17) is 4.98 Å². The van der Waals surface area contributed by atoms with Crippen LogP contribution in [0.2, 0.25) is 0 Å². The van der Waals surface area contributed by atoms with Gasteiger partial charge >= 0.3 is 0 Å². The summed E-state index contributed by atoms with van der Waals surface area (Å²) in [6.07, 6.45) is 2.74. The summed E-state index contributed by atoms with van der Waals surface area (Å²) in [5.41, 5.74) is 3.24.